The van der Waals surface area contributed by atoms with E-state index in [2.05, 4.69) is 96.0 Å². The van der Waals surface area contributed by atoms with E-state index in [-0.39, 0.29) is 0 Å². The fraction of sp³-hybridized carbons (Fsp3) is 0. The summed E-state index contributed by atoms with van der Waals surface area (Å²) in [7, 11) is 0. The molecule has 1 aromatic heterocycles. The van der Waals surface area contributed by atoms with Crippen molar-refractivity contribution in [2.24, 2.45) is 0 Å². The number of fused-ring (bicyclic) bond motifs is 1. The number of benzene rings is 3. The van der Waals surface area contributed by atoms with E-state index >= 15 is 0 Å². The normalized spacial score (nSPS) is 11.3. The molecule has 4 rings (SSSR count). The van der Waals surface area contributed by atoms with Crippen LogP contribution in [0, 0.1) is 0 Å². The lowest BCUT2D eigenvalue weighted by atomic mass is 10.2. The third kappa shape index (κ3) is 3.15. The van der Waals surface area contributed by atoms with Gasteiger partial charge in [0, 0.05) is 20.7 Å². The maximum Gasteiger partial charge on any atom is 0.0533 e. The molecule has 0 amide bonds. The molecule has 4 aromatic rings. The van der Waals surface area contributed by atoms with E-state index in [0.717, 1.165) is 5.69 Å². The Kier molecular flexibility index (Phi) is 4.22. The average Bonchev–Trinajstić information content (AvgIpc) is 2.99. The number of H-pyrrole nitrogens is 1. The van der Waals surface area contributed by atoms with Gasteiger partial charge in [0.15, 0.2) is 0 Å². The van der Waals surface area contributed by atoms with Gasteiger partial charge < -0.3 is 4.98 Å². The third-order valence-corrected chi connectivity index (χ3v) is 5.04. The number of nitrogens with one attached hydrogen (secondary N) is 1. The first-order valence-electron chi connectivity index (χ1n) is 7.97. The lowest BCUT2D eigenvalue weighted by Gasteiger charge is -2.02. The molecule has 1 heterocycles. The summed E-state index contributed by atoms with van der Waals surface area (Å²) < 4.78 is 0. The summed E-state index contributed by atoms with van der Waals surface area (Å²) in [4.78, 5) is 6.06. The first kappa shape index (κ1) is 14.9. The minimum atomic E-state index is 1.15. The van der Waals surface area contributed by atoms with Crippen molar-refractivity contribution < 1.29 is 0 Å². The van der Waals surface area contributed by atoms with Crippen LogP contribution in [0.1, 0.15) is 11.3 Å². The SMILES string of the molecule is C(=C\c1[nH]c2ccccc2c1Sc1ccccc1)/c1ccccc1. The molecule has 0 aliphatic heterocycles. The van der Waals surface area contributed by atoms with Crippen molar-refractivity contribution in [2.45, 2.75) is 9.79 Å². The van der Waals surface area contributed by atoms with E-state index in [1.807, 2.05) is 6.07 Å². The zero-order valence-corrected chi connectivity index (χ0v) is 14.0. The Bertz CT molecular complexity index is 969. The molecule has 0 unspecified atom stereocenters. The molecule has 0 saturated carbocycles. The molecule has 0 radical (unpaired) electrons. The second-order valence-corrected chi connectivity index (χ2v) is 6.66. The summed E-state index contributed by atoms with van der Waals surface area (Å²) in [5, 5.41) is 1.26. The average molecular weight is 327 g/mol. The van der Waals surface area contributed by atoms with Crippen LogP contribution in [0.4, 0.5) is 0 Å². The molecule has 116 valence electrons. The van der Waals surface area contributed by atoms with Crippen molar-refractivity contribution in [3.8, 4) is 0 Å². The highest BCUT2D eigenvalue weighted by Crippen LogP contribution is 2.37. The zero-order chi connectivity index (χ0) is 16.2. The first-order valence-corrected chi connectivity index (χ1v) is 8.78. The predicted molar refractivity (Wildman–Crippen MR) is 104 cm³/mol. The van der Waals surface area contributed by atoms with E-state index < -0.39 is 0 Å². The second kappa shape index (κ2) is 6.81. The van der Waals surface area contributed by atoms with E-state index in [0.29, 0.717) is 0 Å². The lowest BCUT2D eigenvalue weighted by Crippen LogP contribution is -1.77. The molecule has 0 aliphatic carbocycles. The molecule has 2 heteroatoms. The highest BCUT2D eigenvalue weighted by molar-refractivity contribution is 7.99. The Morgan fingerprint density at radius 2 is 1.33 bits per heavy atom. The van der Waals surface area contributed by atoms with Gasteiger partial charge >= 0.3 is 0 Å². The molecule has 0 spiro atoms. The van der Waals surface area contributed by atoms with E-state index in [1.54, 1.807) is 11.8 Å². The predicted octanol–water partition coefficient (Wildman–Crippen LogP) is 6.49. The van der Waals surface area contributed by atoms with Crippen molar-refractivity contribution in [2.75, 3.05) is 0 Å². The van der Waals surface area contributed by atoms with Crippen LogP contribution in [0.15, 0.2) is 94.7 Å². The molecule has 24 heavy (non-hydrogen) atoms. The van der Waals surface area contributed by atoms with Crippen molar-refractivity contribution in [3.05, 3.63) is 96.2 Å². The van der Waals surface area contributed by atoms with E-state index in [9.17, 15) is 0 Å². The molecule has 3 aromatic carbocycles. The van der Waals surface area contributed by atoms with Gasteiger partial charge in [0.25, 0.3) is 0 Å². The number of hydrogen-bond donors (Lipinski definition) is 1. The lowest BCUT2D eigenvalue weighted by molar-refractivity contribution is 1.35. The van der Waals surface area contributed by atoms with Crippen LogP contribution in [-0.4, -0.2) is 4.98 Å². The Morgan fingerprint density at radius 1 is 0.667 bits per heavy atom. The molecule has 0 aliphatic rings. The maximum absolute atomic E-state index is 3.55. The van der Waals surface area contributed by atoms with Crippen molar-refractivity contribution in [3.63, 3.8) is 0 Å². The van der Waals surface area contributed by atoms with Crippen LogP contribution in [0.5, 0.6) is 0 Å². The van der Waals surface area contributed by atoms with Gasteiger partial charge in [-0.25, -0.2) is 0 Å². The van der Waals surface area contributed by atoms with Crippen LogP contribution in [-0.2, 0) is 0 Å². The van der Waals surface area contributed by atoms with Crippen LogP contribution in [0.3, 0.4) is 0 Å². The number of hydrogen-bond acceptors (Lipinski definition) is 1. The number of rotatable bonds is 4. The van der Waals surface area contributed by atoms with Gasteiger partial charge in [-0.1, -0.05) is 84.6 Å². The van der Waals surface area contributed by atoms with Gasteiger partial charge in [-0.3, -0.25) is 0 Å². The van der Waals surface area contributed by atoms with Crippen molar-refractivity contribution >= 4 is 34.8 Å². The first-order chi connectivity index (χ1) is 11.9. The number of para-hydroxylation sites is 1. The Morgan fingerprint density at radius 3 is 2.12 bits per heavy atom. The van der Waals surface area contributed by atoms with Crippen molar-refractivity contribution in [1.82, 2.24) is 4.98 Å². The molecule has 0 fully saturated rings. The van der Waals surface area contributed by atoms with Crippen LogP contribution < -0.4 is 0 Å². The highest BCUT2D eigenvalue weighted by Gasteiger charge is 2.10. The van der Waals surface area contributed by atoms with E-state index in [1.165, 1.54) is 26.3 Å². The minimum Gasteiger partial charge on any atom is -0.354 e. The Labute approximate surface area is 146 Å². The summed E-state index contributed by atoms with van der Waals surface area (Å²) >= 11 is 1.80. The van der Waals surface area contributed by atoms with Gasteiger partial charge in [0.2, 0.25) is 0 Å². The standard InChI is InChI=1S/C22H17NS/c1-3-9-17(10-4-1)15-16-21-22(24-18-11-5-2-6-12-18)19-13-7-8-14-20(19)23-21/h1-16,23H/b16-15+. The quantitative estimate of drug-likeness (QED) is 0.453. The molecule has 1 N–H and O–H groups in total. The van der Waals surface area contributed by atoms with Crippen LogP contribution in [0.2, 0.25) is 0 Å². The van der Waals surface area contributed by atoms with Gasteiger partial charge in [-0.05, 0) is 29.8 Å². The monoisotopic (exact) mass is 327 g/mol. The fourth-order valence-electron chi connectivity index (χ4n) is 2.71. The molecule has 0 bridgehead atoms. The Balaban J connectivity index is 1.77. The van der Waals surface area contributed by atoms with Crippen LogP contribution >= 0.6 is 11.8 Å². The molecular weight excluding hydrogens is 310 g/mol. The largest absolute Gasteiger partial charge is 0.354 e. The summed E-state index contributed by atoms with van der Waals surface area (Å²) in [6.45, 7) is 0. The van der Waals surface area contributed by atoms with Gasteiger partial charge in [-0.15, -0.1) is 0 Å². The smallest absolute Gasteiger partial charge is 0.0533 e. The minimum absolute atomic E-state index is 1.15. The molecule has 0 saturated heterocycles. The van der Waals surface area contributed by atoms with Gasteiger partial charge in [0.1, 0.15) is 0 Å². The topological polar surface area (TPSA) is 15.8 Å². The van der Waals surface area contributed by atoms with Gasteiger partial charge in [-0.2, -0.15) is 0 Å². The molecule has 0 atom stereocenters. The fourth-order valence-corrected chi connectivity index (χ4v) is 3.76. The highest BCUT2D eigenvalue weighted by atomic mass is 32.2. The number of aromatic nitrogens is 1. The summed E-state index contributed by atoms with van der Waals surface area (Å²) in [6, 6.07) is 29.4. The molecule has 1 nitrogen and oxygen atoms in total. The van der Waals surface area contributed by atoms with Gasteiger partial charge in [0.05, 0.1) is 5.69 Å². The zero-order valence-electron chi connectivity index (χ0n) is 13.1. The maximum atomic E-state index is 3.55. The summed E-state index contributed by atoms with van der Waals surface area (Å²) in [5.74, 6) is 0. The van der Waals surface area contributed by atoms with E-state index in [4.69, 9.17) is 0 Å². The summed E-state index contributed by atoms with van der Waals surface area (Å²) in [5.41, 5.74) is 3.52. The number of aromatic amines is 1. The second-order valence-electron chi connectivity index (χ2n) is 5.57. The van der Waals surface area contributed by atoms with Crippen LogP contribution in [0.25, 0.3) is 23.1 Å². The summed E-state index contributed by atoms with van der Waals surface area (Å²) in [6.07, 6.45) is 4.32. The Hall–Kier alpha value is -2.71. The van der Waals surface area contributed by atoms with Crippen molar-refractivity contribution in [1.29, 1.82) is 0 Å². The molecular formula is C22H17NS. The third-order valence-electron chi connectivity index (χ3n) is 3.89.